The van der Waals surface area contributed by atoms with Crippen molar-refractivity contribution in [2.24, 2.45) is 5.92 Å². The van der Waals surface area contributed by atoms with Crippen molar-refractivity contribution in [3.05, 3.63) is 35.4 Å². The van der Waals surface area contributed by atoms with Crippen LogP contribution in [0, 0.1) is 17.6 Å². The van der Waals surface area contributed by atoms with E-state index in [0.29, 0.717) is 6.42 Å². The molecule has 0 aliphatic heterocycles. The molecule has 1 saturated carbocycles. The van der Waals surface area contributed by atoms with Crippen molar-refractivity contribution in [2.75, 3.05) is 0 Å². The van der Waals surface area contributed by atoms with Crippen molar-refractivity contribution in [3.8, 4) is 0 Å². The molecule has 0 heterocycles. The molecule has 0 amide bonds. The van der Waals surface area contributed by atoms with Crippen molar-refractivity contribution in [3.63, 3.8) is 0 Å². The molecule has 2 unspecified atom stereocenters. The summed E-state index contributed by atoms with van der Waals surface area (Å²) >= 11 is 0. The molecular formula is C12H14F2O. The standard InChI is InChI=1S/C12H14F2O/c1-8-3-2-6-12(8,15)10-7-9(13)4-5-11(10)14/h4-5,7-8,15H,2-3,6H2,1H3. The minimum Gasteiger partial charge on any atom is -0.385 e. The second kappa shape index (κ2) is 3.56. The molecular weight excluding hydrogens is 198 g/mol. The first kappa shape index (κ1) is 10.6. The third-order valence-electron chi connectivity index (χ3n) is 3.41. The predicted octanol–water partition coefficient (Wildman–Crippen LogP) is 2.97. The molecule has 1 aromatic rings. The molecule has 0 spiro atoms. The summed E-state index contributed by atoms with van der Waals surface area (Å²) in [5.41, 5.74) is -1.08. The third kappa shape index (κ3) is 1.65. The fourth-order valence-corrected chi connectivity index (χ4v) is 2.39. The summed E-state index contributed by atoms with van der Waals surface area (Å²) < 4.78 is 26.5. The van der Waals surface area contributed by atoms with E-state index in [-0.39, 0.29) is 11.5 Å². The van der Waals surface area contributed by atoms with Crippen LogP contribution in [0.2, 0.25) is 0 Å². The van der Waals surface area contributed by atoms with E-state index in [2.05, 4.69) is 0 Å². The van der Waals surface area contributed by atoms with E-state index in [0.717, 1.165) is 31.0 Å². The van der Waals surface area contributed by atoms with Crippen LogP contribution >= 0.6 is 0 Å². The van der Waals surface area contributed by atoms with Gasteiger partial charge in [0.25, 0.3) is 0 Å². The van der Waals surface area contributed by atoms with Gasteiger partial charge < -0.3 is 5.11 Å². The molecule has 0 radical (unpaired) electrons. The number of hydrogen-bond acceptors (Lipinski definition) is 1. The highest BCUT2D eigenvalue weighted by molar-refractivity contribution is 5.27. The fraction of sp³-hybridized carbons (Fsp3) is 0.500. The zero-order chi connectivity index (χ0) is 11.1. The van der Waals surface area contributed by atoms with Gasteiger partial charge in [0.1, 0.15) is 11.6 Å². The molecule has 0 aromatic heterocycles. The third-order valence-corrected chi connectivity index (χ3v) is 3.41. The molecule has 1 nitrogen and oxygen atoms in total. The summed E-state index contributed by atoms with van der Waals surface area (Å²) in [6, 6.07) is 3.26. The van der Waals surface area contributed by atoms with Crippen LogP contribution in [-0.4, -0.2) is 5.11 Å². The lowest BCUT2D eigenvalue weighted by atomic mass is 9.85. The SMILES string of the molecule is CC1CCCC1(O)c1cc(F)ccc1F. The Morgan fingerprint density at radius 1 is 1.40 bits per heavy atom. The largest absolute Gasteiger partial charge is 0.385 e. The maximum absolute atomic E-state index is 13.5. The highest BCUT2D eigenvalue weighted by Crippen LogP contribution is 2.44. The molecule has 82 valence electrons. The van der Waals surface area contributed by atoms with Crippen LogP contribution in [0.4, 0.5) is 8.78 Å². The Hall–Kier alpha value is -0.960. The Morgan fingerprint density at radius 3 is 2.73 bits per heavy atom. The quantitative estimate of drug-likeness (QED) is 0.758. The Bertz CT molecular complexity index is 378. The number of aliphatic hydroxyl groups is 1. The molecule has 0 bridgehead atoms. The molecule has 2 atom stereocenters. The lowest BCUT2D eigenvalue weighted by molar-refractivity contribution is 0.000909. The maximum atomic E-state index is 13.5. The van der Waals surface area contributed by atoms with Gasteiger partial charge in [0.05, 0.1) is 5.60 Å². The molecule has 1 aliphatic rings. The van der Waals surface area contributed by atoms with E-state index in [1.165, 1.54) is 0 Å². The summed E-state index contributed by atoms with van der Waals surface area (Å²) in [5.74, 6) is -1.04. The second-order valence-corrected chi connectivity index (χ2v) is 4.34. The van der Waals surface area contributed by atoms with Gasteiger partial charge in [0, 0.05) is 5.56 Å². The molecule has 1 aromatic carbocycles. The summed E-state index contributed by atoms with van der Waals surface area (Å²) in [6.45, 7) is 1.87. The van der Waals surface area contributed by atoms with Crippen molar-refractivity contribution in [2.45, 2.75) is 31.8 Å². The number of benzene rings is 1. The molecule has 3 heteroatoms. The zero-order valence-electron chi connectivity index (χ0n) is 8.63. The normalized spacial score (nSPS) is 30.8. The Labute approximate surface area is 87.7 Å². The Balaban J connectivity index is 2.48. The van der Waals surface area contributed by atoms with Gasteiger partial charge in [-0.2, -0.15) is 0 Å². The number of halogens is 2. The van der Waals surface area contributed by atoms with Crippen molar-refractivity contribution in [1.29, 1.82) is 0 Å². The number of rotatable bonds is 1. The highest BCUT2D eigenvalue weighted by Gasteiger charge is 2.41. The highest BCUT2D eigenvalue weighted by atomic mass is 19.1. The fourth-order valence-electron chi connectivity index (χ4n) is 2.39. The van der Waals surface area contributed by atoms with Crippen LogP contribution in [0.5, 0.6) is 0 Å². The van der Waals surface area contributed by atoms with E-state index in [1.807, 2.05) is 6.92 Å². The minimum absolute atomic E-state index is 0.0196. The van der Waals surface area contributed by atoms with Crippen LogP contribution < -0.4 is 0 Å². The van der Waals surface area contributed by atoms with Gasteiger partial charge in [-0.25, -0.2) is 8.78 Å². The Morgan fingerprint density at radius 2 is 2.13 bits per heavy atom. The lowest BCUT2D eigenvalue weighted by Gasteiger charge is -2.28. The molecule has 1 aliphatic carbocycles. The topological polar surface area (TPSA) is 20.2 Å². The first-order valence-electron chi connectivity index (χ1n) is 5.22. The monoisotopic (exact) mass is 212 g/mol. The van der Waals surface area contributed by atoms with Crippen molar-refractivity contribution in [1.82, 2.24) is 0 Å². The predicted molar refractivity (Wildman–Crippen MR) is 53.3 cm³/mol. The van der Waals surface area contributed by atoms with Crippen LogP contribution in [-0.2, 0) is 5.60 Å². The summed E-state index contributed by atoms with van der Waals surface area (Å²) in [4.78, 5) is 0. The maximum Gasteiger partial charge on any atom is 0.129 e. The van der Waals surface area contributed by atoms with Gasteiger partial charge in [0.2, 0.25) is 0 Å². The summed E-state index contributed by atoms with van der Waals surface area (Å²) in [7, 11) is 0. The summed E-state index contributed by atoms with van der Waals surface area (Å²) in [6.07, 6.45) is 2.22. The van der Waals surface area contributed by atoms with E-state index < -0.39 is 17.2 Å². The molecule has 1 fully saturated rings. The van der Waals surface area contributed by atoms with Crippen molar-refractivity contribution < 1.29 is 13.9 Å². The van der Waals surface area contributed by atoms with Crippen LogP contribution in [0.25, 0.3) is 0 Å². The van der Waals surface area contributed by atoms with E-state index in [4.69, 9.17) is 0 Å². The molecule has 0 saturated heterocycles. The molecule has 1 N–H and O–H groups in total. The van der Waals surface area contributed by atoms with Gasteiger partial charge in [-0.1, -0.05) is 6.92 Å². The van der Waals surface area contributed by atoms with Gasteiger partial charge in [-0.15, -0.1) is 0 Å². The van der Waals surface area contributed by atoms with E-state index >= 15 is 0 Å². The first-order valence-corrected chi connectivity index (χ1v) is 5.22. The van der Waals surface area contributed by atoms with Gasteiger partial charge in [0.15, 0.2) is 0 Å². The average molecular weight is 212 g/mol. The van der Waals surface area contributed by atoms with E-state index in [1.54, 1.807) is 0 Å². The summed E-state index contributed by atoms with van der Waals surface area (Å²) in [5, 5.41) is 10.3. The van der Waals surface area contributed by atoms with Gasteiger partial charge in [-0.05, 0) is 43.4 Å². The second-order valence-electron chi connectivity index (χ2n) is 4.34. The Kier molecular flexibility index (Phi) is 2.51. The van der Waals surface area contributed by atoms with Gasteiger partial charge in [-0.3, -0.25) is 0 Å². The van der Waals surface area contributed by atoms with Crippen LogP contribution in [0.3, 0.4) is 0 Å². The molecule has 15 heavy (non-hydrogen) atoms. The average Bonchev–Trinajstić information content (AvgIpc) is 2.52. The van der Waals surface area contributed by atoms with Crippen molar-refractivity contribution >= 4 is 0 Å². The molecule has 2 rings (SSSR count). The zero-order valence-corrected chi connectivity index (χ0v) is 8.63. The lowest BCUT2D eigenvalue weighted by Crippen LogP contribution is -2.29. The van der Waals surface area contributed by atoms with Crippen LogP contribution in [0.15, 0.2) is 18.2 Å². The number of hydrogen-bond donors (Lipinski definition) is 1. The smallest absolute Gasteiger partial charge is 0.129 e. The van der Waals surface area contributed by atoms with E-state index in [9.17, 15) is 13.9 Å². The van der Waals surface area contributed by atoms with Gasteiger partial charge >= 0.3 is 0 Å². The minimum atomic E-state index is -1.19. The van der Waals surface area contributed by atoms with Crippen LogP contribution in [0.1, 0.15) is 31.7 Å². The first-order chi connectivity index (χ1) is 7.04.